The number of carbonyl (C=O) groups is 1. The van der Waals surface area contributed by atoms with Gasteiger partial charge in [-0.25, -0.2) is 4.98 Å². The highest BCUT2D eigenvalue weighted by molar-refractivity contribution is 7.99. The third-order valence-electron chi connectivity index (χ3n) is 2.79. The van der Waals surface area contributed by atoms with Crippen LogP contribution in [0.25, 0.3) is 0 Å². The molecule has 0 unspecified atom stereocenters. The molecule has 100 valence electrons. The predicted octanol–water partition coefficient (Wildman–Crippen LogP) is 2.39. The van der Waals surface area contributed by atoms with Crippen molar-refractivity contribution < 1.29 is 4.79 Å². The number of imidazole rings is 1. The maximum Gasteiger partial charge on any atom is 0.230 e. The molecular weight excluding hydrogens is 258 g/mol. The second kappa shape index (κ2) is 6.43. The second-order valence-corrected chi connectivity index (χ2v) is 5.25. The first-order valence-corrected chi connectivity index (χ1v) is 7.10. The third kappa shape index (κ3) is 3.86. The van der Waals surface area contributed by atoms with E-state index in [1.54, 1.807) is 6.20 Å². The van der Waals surface area contributed by atoms with Gasteiger partial charge in [0, 0.05) is 19.4 Å². The van der Waals surface area contributed by atoms with Gasteiger partial charge in [0.25, 0.3) is 0 Å². The Morgan fingerprint density at radius 1 is 1.42 bits per heavy atom. The normalized spacial score (nSPS) is 12.1. The molecule has 0 fully saturated rings. The SMILES string of the molecule is C[C@@H](NC(=O)CSc1nccn1C)c1ccccc1. The van der Waals surface area contributed by atoms with Crippen LogP contribution in [-0.4, -0.2) is 21.2 Å². The van der Waals surface area contributed by atoms with Crippen molar-refractivity contribution in [2.45, 2.75) is 18.1 Å². The van der Waals surface area contributed by atoms with Crippen LogP contribution in [0.4, 0.5) is 0 Å². The lowest BCUT2D eigenvalue weighted by Gasteiger charge is -2.13. The van der Waals surface area contributed by atoms with E-state index in [9.17, 15) is 4.79 Å². The highest BCUT2D eigenvalue weighted by atomic mass is 32.2. The number of nitrogens with one attached hydrogen (secondary N) is 1. The predicted molar refractivity (Wildman–Crippen MR) is 76.9 cm³/mol. The van der Waals surface area contributed by atoms with Crippen molar-refractivity contribution >= 4 is 17.7 Å². The molecule has 0 aliphatic heterocycles. The molecular formula is C14H17N3OS. The van der Waals surface area contributed by atoms with Crippen molar-refractivity contribution in [2.24, 2.45) is 7.05 Å². The molecule has 2 rings (SSSR count). The molecule has 1 aromatic heterocycles. The van der Waals surface area contributed by atoms with Crippen LogP contribution in [0.1, 0.15) is 18.5 Å². The number of thioether (sulfide) groups is 1. The van der Waals surface area contributed by atoms with Gasteiger partial charge in [0.05, 0.1) is 11.8 Å². The van der Waals surface area contributed by atoms with Crippen molar-refractivity contribution in [2.75, 3.05) is 5.75 Å². The molecule has 1 amide bonds. The zero-order valence-electron chi connectivity index (χ0n) is 11.0. The first-order valence-electron chi connectivity index (χ1n) is 6.11. The van der Waals surface area contributed by atoms with E-state index in [1.807, 2.05) is 55.1 Å². The average Bonchev–Trinajstić information content (AvgIpc) is 2.83. The van der Waals surface area contributed by atoms with Gasteiger partial charge in [-0.2, -0.15) is 0 Å². The number of nitrogens with zero attached hydrogens (tertiary/aromatic N) is 2. The molecule has 2 aromatic rings. The molecule has 0 aliphatic carbocycles. The number of hydrogen-bond acceptors (Lipinski definition) is 3. The van der Waals surface area contributed by atoms with E-state index in [2.05, 4.69) is 10.3 Å². The van der Waals surface area contributed by atoms with E-state index < -0.39 is 0 Å². The molecule has 1 N–H and O–H groups in total. The first-order chi connectivity index (χ1) is 9.16. The Kier molecular flexibility index (Phi) is 4.63. The van der Waals surface area contributed by atoms with Crippen LogP contribution in [0.2, 0.25) is 0 Å². The largest absolute Gasteiger partial charge is 0.349 e. The van der Waals surface area contributed by atoms with Gasteiger partial charge in [0.1, 0.15) is 0 Å². The Hall–Kier alpha value is -1.75. The summed E-state index contributed by atoms with van der Waals surface area (Å²) >= 11 is 1.44. The number of carbonyl (C=O) groups excluding carboxylic acids is 1. The van der Waals surface area contributed by atoms with Crippen molar-refractivity contribution in [3.8, 4) is 0 Å². The number of hydrogen-bond donors (Lipinski definition) is 1. The van der Waals surface area contributed by atoms with Gasteiger partial charge in [-0.05, 0) is 12.5 Å². The van der Waals surface area contributed by atoms with Crippen LogP contribution in [-0.2, 0) is 11.8 Å². The Balaban J connectivity index is 1.83. The summed E-state index contributed by atoms with van der Waals surface area (Å²) in [6.07, 6.45) is 3.60. The summed E-state index contributed by atoms with van der Waals surface area (Å²) in [5.41, 5.74) is 1.11. The number of rotatable bonds is 5. The van der Waals surface area contributed by atoms with Gasteiger partial charge < -0.3 is 9.88 Å². The molecule has 1 heterocycles. The molecule has 0 saturated carbocycles. The monoisotopic (exact) mass is 275 g/mol. The van der Waals surface area contributed by atoms with Gasteiger partial charge >= 0.3 is 0 Å². The topological polar surface area (TPSA) is 46.9 Å². The summed E-state index contributed by atoms with van der Waals surface area (Å²) in [5.74, 6) is 0.395. The minimum atomic E-state index is 0.0179. The van der Waals surface area contributed by atoms with Crippen LogP contribution in [0.5, 0.6) is 0 Å². The van der Waals surface area contributed by atoms with Gasteiger partial charge in [-0.3, -0.25) is 4.79 Å². The molecule has 1 aromatic carbocycles. The molecule has 0 aliphatic rings. The summed E-state index contributed by atoms with van der Waals surface area (Å²) in [4.78, 5) is 16.0. The van der Waals surface area contributed by atoms with Crippen LogP contribution in [0.3, 0.4) is 0 Å². The lowest BCUT2D eigenvalue weighted by atomic mass is 10.1. The smallest absolute Gasteiger partial charge is 0.230 e. The van der Waals surface area contributed by atoms with Crippen molar-refractivity contribution in [3.05, 3.63) is 48.3 Å². The standard InChI is InChI=1S/C14H17N3OS/c1-11(12-6-4-3-5-7-12)16-13(18)10-19-14-15-8-9-17(14)2/h3-9,11H,10H2,1-2H3,(H,16,18)/t11-/m1/s1. The average molecular weight is 275 g/mol. The molecule has 0 spiro atoms. The van der Waals surface area contributed by atoms with Gasteiger partial charge in [-0.15, -0.1) is 0 Å². The van der Waals surface area contributed by atoms with Gasteiger partial charge in [0.15, 0.2) is 5.16 Å². The molecule has 0 bridgehead atoms. The summed E-state index contributed by atoms with van der Waals surface area (Å²) in [6, 6.07) is 9.96. The second-order valence-electron chi connectivity index (χ2n) is 4.31. The third-order valence-corrected chi connectivity index (χ3v) is 3.84. The summed E-state index contributed by atoms with van der Waals surface area (Å²) in [7, 11) is 1.92. The van der Waals surface area contributed by atoms with Crippen molar-refractivity contribution in [1.82, 2.24) is 14.9 Å². The molecule has 0 saturated heterocycles. The fraction of sp³-hybridized carbons (Fsp3) is 0.286. The summed E-state index contributed by atoms with van der Waals surface area (Å²) in [6.45, 7) is 1.98. The fourth-order valence-electron chi connectivity index (χ4n) is 1.73. The fourth-order valence-corrected chi connectivity index (χ4v) is 2.47. The van der Waals surface area contributed by atoms with Crippen LogP contribution >= 0.6 is 11.8 Å². The minimum Gasteiger partial charge on any atom is -0.349 e. The van der Waals surface area contributed by atoms with E-state index >= 15 is 0 Å². The van der Waals surface area contributed by atoms with Crippen LogP contribution < -0.4 is 5.32 Å². The Bertz CT molecular complexity index is 539. The zero-order valence-corrected chi connectivity index (χ0v) is 11.9. The Morgan fingerprint density at radius 2 is 2.16 bits per heavy atom. The maximum absolute atomic E-state index is 11.9. The van der Waals surface area contributed by atoms with E-state index in [1.165, 1.54) is 11.8 Å². The quantitative estimate of drug-likeness (QED) is 0.852. The molecule has 5 heteroatoms. The van der Waals surface area contributed by atoms with Crippen LogP contribution in [0.15, 0.2) is 47.9 Å². The molecule has 0 radical (unpaired) electrons. The Morgan fingerprint density at radius 3 is 2.79 bits per heavy atom. The summed E-state index contributed by atoms with van der Waals surface area (Å²) < 4.78 is 1.90. The lowest BCUT2D eigenvalue weighted by molar-refractivity contribution is -0.119. The number of aryl methyl sites for hydroxylation is 1. The highest BCUT2D eigenvalue weighted by Crippen LogP contribution is 2.15. The van der Waals surface area contributed by atoms with Gasteiger partial charge in [-0.1, -0.05) is 42.1 Å². The van der Waals surface area contributed by atoms with Crippen molar-refractivity contribution in [1.29, 1.82) is 0 Å². The number of aromatic nitrogens is 2. The van der Waals surface area contributed by atoms with Gasteiger partial charge in [0.2, 0.25) is 5.91 Å². The molecule has 4 nitrogen and oxygen atoms in total. The van der Waals surface area contributed by atoms with E-state index in [0.717, 1.165) is 10.7 Å². The highest BCUT2D eigenvalue weighted by Gasteiger charge is 2.10. The maximum atomic E-state index is 11.9. The first kappa shape index (κ1) is 13.7. The molecule has 19 heavy (non-hydrogen) atoms. The number of benzene rings is 1. The van der Waals surface area contributed by atoms with Crippen LogP contribution in [0, 0.1) is 0 Å². The summed E-state index contributed by atoms with van der Waals surface area (Å²) in [5, 5.41) is 3.83. The van der Waals surface area contributed by atoms with E-state index in [4.69, 9.17) is 0 Å². The van der Waals surface area contributed by atoms with E-state index in [-0.39, 0.29) is 11.9 Å². The zero-order chi connectivity index (χ0) is 13.7. The minimum absolute atomic E-state index is 0.0179. The molecule has 1 atom stereocenters. The van der Waals surface area contributed by atoms with Crippen molar-refractivity contribution in [3.63, 3.8) is 0 Å². The Labute approximate surface area is 117 Å². The number of amides is 1. The van der Waals surface area contributed by atoms with E-state index in [0.29, 0.717) is 5.75 Å². The lowest BCUT2D eigenvalue weighted by Crippen LogP contribution is -2.28.